The number of carbonyl (C=O) groups is 1. The van der Waals surface area contributed by atoms with Crippen LogP contribution >= 0.6 is 0 Å². The zero-order chi connectivity index (χ0) is 13.8. The van der Waals surface area contributed by atoms with Crippen molar-refractivity contribution in [2.24, 2.45) is 0 Å². The van der Waals surface area contributed by atoms with Gasteiger partial charge in [-0.15, -0.1) is 0 Å². The topological polar surface area (TPSA) is 29.5 Å². The lowest BCUT2D eigenvalue weighted by molar-refractivity contribution is 0.0388. The van der Waals surface area contributed by atoms with Gasteiger partial charge in [0.25, 0.3) is 0 Å². The molecule has 0 atom stereocenters. The summed E-state index contributed by atoms with van der Waals surface area (Å²) >= 11 is 0. The fourth-order valence-electron chi connectivity index (χ4n) is 1.31. The Morgan fingerprint density at radius 1 is 1.33 bits per heavy atom. The van der Waals surface area contributed by atoms with Crippen LogP contribution < -0.4 is 0 Å². The predicted octanol–water partition coefficient (Wildman–Crippen LogP) is 3.61. The maximum atomic E-state index is 11.9. The van der Waals surface area contributed by atoms with Crippen molar-refractivity contribution in [2.75, 3.05) is 7.05 Å². The minimum Gasteiger partial charge on any atom is -0.439 e. The lowest BCUT2D eigenvalue weighted by atomic mass is 10.0. The third-order valence-electron chi connectivity index (χ3n) is 2.94. The van der Waals surface area contributed by atoms with Gasteiger partial charge in [0.15, 0.2) is 0 Å². The van der Waals surface area contributed by atoms with Gasteiger partial charge in [0.1, 0.15) is 5.60 Å². The molecule has 0 heterocycles. The van der Waals surface area contributed by atoms with E-state index >= 15 is 0 Å². The van der Waals surface area contributed by atoms with Gasteiger partial charge < -0.3 is 9.64 Å². The standard InChI is InChI=1S/C15H21NO2/c1-12(2)15(3,4)18-14(17)16(5)11-13-9-7-6-8-10-13/h6-10H,1,11H2,2-5H3. The fraction of sp³-hybridized carbons (Fsp3) is 0.400. The van der Waals surface area contributed by atoms with Crippen molar-refractivity contribution < 1.29 is 9.53 Å². The second-order valence-electron chi connectivity index (χ2n) is 5.00. The number of carbonyl (C=O) groups excluding carboxylic acids is 1. The van der Waals surface area contributed by atoms with Crippen LogP contribution in [0.1, 0.15) is 26.3 Å². The number of nitrogens with zero attached hydrogens (tertiary/aromatic N) is 1. The second-order valence-corrected chi connectivity index (χ2v) is 5.00. The van der Waals surface area contributed by atoms with Crippen molar-refractivity contribution >= 4 is 6.09 Å². The predicted molar refractivity (Wildman–Crippen MR) is 73.3 cm³/mol. The third kappa shape index (κ3) is 3.91. The summed E-state index contributed by atoms with van der Waals surface area (Å²) in [6, 6.07) is 9.81. The molecule has 1 aromatic rings. The highest BCUT2D eigenvalue weighted by atomic mass is 16.6. The maximum absolute atomic E-state index is 11.9. The van der Waals surface area contributed by atoms with Crippen molar-refractivity contribution in [3.63, 3.8) is 0 Å². The summed E-state index contributed by atoms with van der Waals surface area (Å²) in [5.74, 6) is 0. The first-order valence-corrected chi connectivity index (χ1v) is 5.97. The molecular formula is C15H21NO2. The minimum atomic E-state index is -0.637. The van der Waals surface area contributed by atoms with Gasteiger partial charge in [0.05, 0.1) is 0 Å². The lowest BCUT2D eigenvalue weighted by Crippen LogP contribution is -2.36. The largest absolute Gasteiger partial charge is 0.439 e. The Labute approximate surface area is 109 Å². The summed E-state index contributed by atoms with van der Waals surface area (Å²) in [5, 5.41) is 0. The van der Waals surface area contributed by atoms with E-state index in [1.165, 1.54) is 0 Å². The number of benzene rings is 1. The van der Waals surface area contributed by atoms with E-state index in [-0.39, 0.29) is 6.09 Å². The molecule has 98 valence electrons. The molecule has 0 saturated carbocycles. The zero-order valence-corrected chi connectivity index (χ0v) is 11.6. The van der Waals surface area contributed by atoms with Crippen molar-refractivity contribution in [1.82, 2.24) is 4.90 Å². The third-order valence-corrected chi connectivity index (χ3v) is 2.94. The second kappa shape index (κ2) is 5.71. The molecule has 0 radical (unpaired) electrons. The highest BCUT2D eigenvalue weighted by Crippen LogP contribution is 2.19. The van der Waals surface area contributed by atoms with Crippen LogP contribution in [0.5, 0.6) is 0 Å². The van der Waals surface area contributed by atoms with E-state index in [9.17, 15) is 4.79 Å². The molecule has 0 saturated heterocycles. The Morgan fingerprint density at radius 3 is 2.39 bits per heavy atom. The number of hydrogen-bond acceptors (Lipinski definition) is 2. The van der Waals surface area contributed by atoms with Gasteiger partial charge in [-0.3, -0.25) is 0 Å². The van der Waals surface area contributed by atoms with E-state index in [1.807, 2.05) is 51.1 Å². The summed E-state index contributed by atoms with van der Waals surface area (Å²) in [4.78, 5) is 13.5. The number of hydrogen-bond donors (Lipinski definition) is 0. The summed E-state index contributed by atoms with van der Waals surface area (Å²) in [6.07, 6.45) is -0.341. The van der Waals surface area contributed by atoms with Crippen molar-refractivity contribution in [2.45, 2.75) is 32.9 Å². The summed E-state index contributed by atoms with van der Waals surface area (Å²) in [6.45, 7) is 9.89. The highest BCUT2D eigenvalue weighted by Gasteiger charge is 2.25. The van der Waals surface area contributed by atoms with E-state index < -0.39 is 5.60 Å². The molecule has 0 bridgehead atoms. The average Bonchev–Trinajstić information content (AvgIpc) is 2.29. The Kier molecular flexibility index (Phi) is 4.54. The van der Waals surface area contributed by atoms with Crippen LogP contribution in [0.25, 0.3) is 0 Å². The van der Waals surface area contributed by atoms with Crippen molar-refractivity contribution in [1.29, 1.82) is 0 Å². The molecule has 0 spiro atoms. The minimum absolute atomic E-state index is 0.341. The van der Waals surface area contributed by atoms with Crippen LogP contribution in [0, 0.1) is 0 Å². The molecule has 1 aromatic carbocycles. The van der Waals surface area contributed by atoms with E-state index in [4.69, 9.17) is 4.74 Å². The van der Waals surface area contributed by atoms with Gasteiger partial charge in [-0.05, 0) is 31.9 Å². The van der Waals surface area contributed by atoms with Crippen LogP contribution in [0.2, 0.25) is 0 Å². The van der Waals surface area contributed by atoms with E-state index in [2.05, 4.69) is 6.58 Å². The molecule has 0 fully saturated rings. The maximum Gasteiger partial charge on any atom is 0.410 e. The lowest BCUT2D eigenvalue weighted by Gasteiger charge is -2.28. The normalized spacial score (nSPS) is 10.9. The Balaban J connectivity index is 2.60. The molecule has 18 heavy (non-hydrogen) atoms. The van der Waals surface area contributed by atoms with Crippen LogP contribution in [0.3, 0.4) is 0 Å². The first-order chi connectivity index (χ1) is 8.33. The molecule has 3 heteroatoms. The van der Waals surface area contributed by atoms with Gasteiger partial charge in [-0.2, -0.15) is 0 Å². The van der Waals surface area contributed by atoms with E-state index in [0.717, 1.165) is 11.1 Å². The van der Waals surface area contributed by atoms with Gasteiger partial charge in [-0.25, -0.2) is 4.79 Å². The molecule has 0 aliphatic carbocycles. The van der Waals surface area contributed by atoms with Gasteiger partial charge >= 0.3 is 6.09 Å². The molecule has 0 aromatic heterocycles. The molecule has 1 amide bonds. The first-order valence-electron chi connectivity index (χ1n) is 5.97. The Morgan fingerprint density at radius 2 is 1.89 bits per heavy atom. The van der Waals surface area contributed by atoms with Crippen LogP contribution in [-0.4, -0.2) is 23.6 Å². The van der Waals surface area contributed by atoms with E-state index in [0.29, 0.717) is 6.54 Å². The van der Waals surface area contributed by atoms with Crippen LogP contribution in [-0.2, 0) is 11.3 Å². The average molecular weight is 247 g/mol. The Hall–Kier alpha value is -1.77. The number of amides is 1. The quantitative estimate of drug-likeness (QED) is 0.761. The molecule has 0 aliphatic heterocycles. The van der Waals surface area contributed by atoms with Gasteiger partial charge in [0.2, 0.25) is 0 Å². The molecule has 3 nitrogen and oxygen atoms in total. The molecule has 1 rings (SSSR count). The smallest absolute Gasteiger partial charge is 0.410 e. The fourth-order valence-corrected chi connectivity index (χ4v) is 1.31. The first kappa shape index (κ1) is 14.3. The Bertz CT molecular complexity index is 423. The van der Waals surface area contributed by atoms with Gasteiger partial charge in [0, 0.05) is 13.6 Å². The zero-order valence-electron chi connectivity index (χ0n) is 11.6. The molecule has 0 N–H and O–H groups in total. The molecule has 0 unspecified atom stereocenters. The summed E-state index contributed by atoms with van der Waals surface area (Å²) in [5.41, 5.74) is 1.26. The highest BCUT2D eigenvalue weighted by molar-refractivity contribution is 5.68. The monoisotopic (exact) mass is 247 g/mol. The van der Waals surface area contributed by atoms with Crippen molar-refractivity contribution in [3.8, 4) is 0 Å². The number of ether oxygens (including phenoxy) is 1. The SMILES string of the molecule is C=C(C)C(C)(C)OC(=O)N(C)Cc1ccccc1. The summed E-state index contributed by atoms with van der Waals surface area (Å²) in [7, 11) is 1.73. The summed E-state index contributed by atoms with van der Waals surface area (Å²) < 4.78 is 5.42. The molecular weight excluding hydrogens is 226 g/mol. The van der Waals surface area contributed by atoms with Gasteiger partial charge in [-0.1, -0.05) is 36.9 Å². The molecule has 0 aliphatic rings. The van der Waals surface area contributed by atoms with E-state index in [1.54, 1.807) is 11.9 Å². The van der Waals surface area contributed by atoms with Crippen LogP contribution in [0.15, 0.2) is 42.5 Å². The van der Waals surface area contributed by atoms with Crippen LogP contribution in [0.4, 0.5) is 4.79 Å². The van der Waals surface area contributed by atoms with Crippen molar-refractivity contribution in [3.05, 3.63) is 48.0 Å². The number of rotatable bonds is 4.